The summed E-state index contributed by atoms with van der Waals surface area (Å²) in [5, 5.41) is 10.1. The van der Waals surface area contributed by atoms with Gasteiger partial charge in [-0.15, -0.1) is 0 Å². The highest BCUT2D eigenvalue weighted by atomic mass is 79.9. The van der Waals surface area contributed by atoms with E-state index in [2.05, 4.69) is 20.1 Å². The van der Waals surface area contributed by atoms with E-state index in [9.17, 15) is 41.3 Å². The van der Waals surface area contributed by atoms with Crippen LogP contribution in [0.3, 0.4) is 0 Å². The average molecular weight is 726 g/mol. The second-order valence-corrected chi connectivity index (χ2v) is 12.6. The monoisotopic (exact) mass is 725 g/mol. The smallest absolute Gasteiger partial charge is 0.358 e. The van der Waals surface area contributed by atoms with E-state index in [1.54, 1.807) is 91.0 Å². The van der Waals surface area contributed by atoms with E-state index >= 15 is 0 Å². The van der Waals surface area contributed by atoms with E-state index in [4.69, 9.17) is 9.47 Å². The van der Waals surface area contributed by atoms with Gasteiger partial charge >= 0.3 is 26.9 Å². The molecule has 5 rings (SSSR count). The first kappa shape index (κ1) is 33.2. The van der Waals surface area contributed by atoms with Crippen LogP contribution in [0.25, 0.3) is 0 Å². The predicted octanol–water partition coefficient (Wildman–Crippen LogP) is 3.95. The van der Waals surface area contributed by atoms with Crippen molar-refractivity contribution in [3.8, 4) is 0 Å². The van der Waals surface area contributed by atoms with Crippen molar-refractivity contribution in [3.63, 3.8) is 0 Å². The fraction of sp³-hybridized carbons (Fsp3) is 0.241. The molecule has 0 spiro atoms. The molecule has 3 aromatic carbocycles. The molecular formula is C29H23BrF3N3O9S. The van der Waals surface area contributed by atoms with E-state index in [0.29, 0.717) is 27.3 Å². The average Bonchev–Trinajstić information content (AvgIpc) is 3.32. The summed E-state index contributed by atoms with van der Waals surface area (Å²) in [5.74, 6) is 0. The molecule has 0 amide bonds. The Balaban J connectivity index is 1.62. The van der Waals surface area contributed by atoms with Crippen LogP contribution in [0.2, 0.25) is 0 Å². The Hall–Kier alpha value is -4.16. The molecule has 17 heteroatoms. The third kappa shape index (κ3) is 6.15. The van der Waals surface area contributed by atoms with Crippen LogP contribution in [-0.4, -0.2) is 51.8 Å². The Morgan fingerprint density at radius 3 is 1.78 bits per heavy atom. The molecule has 46 heavy (non-hydrogen) atoms. The van der Waals surface area contributed by atoms with E-state index < -0.39 is 67.4 Å². The maximum atomic E-state index is 13.5. The van der Waals surface area contributed by atoms with E-state index in [-0.39, 0.29) is 4.68 Å². The van der Waals surface area contributed by atoms with Crippen LogP contribution < -0.4 is 11.2 Å². The quantitative estimate of drug-likeness (QED) is 0.0592. The lowest BCUT2D eigenvalue weighted by Gasteiger charge is -2.37. The van der Waals surface area contributed by atoms with Crippen LogP contribution in [0.1, 0.15) is 22.9 Å². The molecule has 0 unspecified atom stereocenters. The molecule has 242 valence electrons. The summed E-state index contributed by atoms with van der Waals surface area (Å²) in [7, 11) is -6.22. The molecule has 1 aliphatic heterocycles. The third-order valence-corrected chi connectivity index (χ3v) is 9.24. The van der Waals surface area contributed by atoms with Crippen molar-refractivity contribution in [1.29, 1.82) is 0 Å². The van der Waals surface area contributed by atoms with E-state index in [0.717, 1.165) is 6.20 Å². The highest BCUT2D eigenvalue weighted by Crippen LogP contribution is 2.43. The molecule has 0 saturated carbocycles. The minimum absolute atomic E-state index is 0.333. The van der Waals surface area contributed by atoms with Crippen molar-refractivity contribution in [2.75, 3.05) is 6.61 Å². The zero-order valence-corrected chi connectivity index (χ0v) is 25.7. The number of hydrogen-bond donors (Lipinski definition) is 0. The predicted molar refractivity (Wildman–Crippen MR) is 159 cm³/mol. The molecule has 1 saturated heterocycles. The summed E-state index contributed by atoms with van der Waals surface area (Å²) in [6.45, 7) is -0.612. The van der Waals surface area contributed by atoms with Crippen molar-refractivity contribution in [2.24, 2.45) is 0 Å². The number of halogens is 4. The number of hydrogen-bond acceptors (Lipinski definition) is 9. The maximum absolute atomic E-state index is 13.5. The van der Waals surface area contributed by atoms with Gasteiger partial charge in [0.2, 0.25) is 0 Å². The summed E-state index contributed by atoms with van der Waals surface area (Å²) in [6, 6.07) is 27.2. The molecule has 1 fully saturated rings. The first-order chi connectivity index (χ1) is 21.8. The normalized spacial score (nSPS) is 20.4. The van der Waals surface area contributed by atoms with Crippen LogP contribution in [-0.2, 0) is 29.4 Å². The van der Waals surface area contributed by atoms with Gasteiger partial charge in [0, 0.05) is 16.9 Å². The van der Waals surface area contributed by atoms with Crippen LogP contribution in [0.15, 0.2) is 113 Å². The highest BCUT2D eigenvalue weighted by molar-refractivity contribution is 9.09. The van der Waals surface area contributed by atoms with E-state index in [1.165, 1.54) is 0 Å². The molecule has 0 radical (unpaired) electrons. The Morgan fingerprint density at radius 2 is 1.35 bits per heavy atom. The number of nitro groups is 1. The fourth-order valence-corrected chi connectivity index (χ4v) is 6.79. The molecular weight excluding hydrogens is 703 g/mol. The van der Waals surface area contributed by atoms with Gasteiger partial charge in [-0.2, -0.15) is 21.6 Å². The topological polar surface area (TPSA) is 149 Å². The number of alkyl halides is 4. The maximum Gasteiger partial charge on any atom is 0.523 e. The highest BCUT2D eigenvalue weighted by Gasteiger charge is 2.55. The molecule has 1 aliphatic rings. The van der Waals surface area contributed by atoms with Gasteiger partial charge in [0.05, 0.1) is 11.4 Å². The fourth-order valence-electron chi connectivity index (χ4n) is 5.17. The van der Waals surface area contributed by atoms with Crippen molar-refractivity contribution in [1.82, 2.24) is 9.24 Å². The van der Waals surface area contributed by atoms with Gasteiger partial charge in [0.1, 0.15) is 17.8 Å². The minimum Gasteiger partial charge on any atom is -0.358 e. The number of aromatic nitrogens is 2. The zero-order valence-electron chi connectivity index (χ0n) is 23.3. The summed E-state index contributed by atoms with van der Waals surface area (Å²) in [5.41, 5.74) is -8.22. The SMILES string of the molecule is O=c1ccn([C@@H]2O[C@H](COC(c3ccccc3)(c3ccccc3)c3ccccc3)[C@@H](OS(=O)(=O)C(F)(F)F)[C@@H]2Br)c(=O)n1[N+](=O)[O-]. The molecule has 12 nitrogen and oxygen atoms in total. The number of ether oxygens (including phenoxy) is 2. The summed E-state index contributed by atoms with van der Waals surface area (Å²) < 4.78 is 82.2. The van der Waals surface area contributed by atoms with Gasteiger partial charge in [-0.25, -0.2) is 14.9 Å². The lowest BCUT2D eigenvalue weighted by atomic mass is 9.80. The lowest BCUT2D eigenvalue weighted by molar-refractivity contribution is -0.549. The number of nitrogens with zero attached hydrogens (tertiary/aromatic N) is 3. The Morgan fingerprint density at radius 1 is 0.870 bits per heavy atom. The molecule has 0 N–H and O–H groups in total. The summed E-state index contributed by atoms with van der Waals surface area (Å²) in [6.07, 6.45) is -4.44. The molecule has 4 aromatic rings. The second-order valence-electron chi connectivity index (χ2n) is 9.95. The van der Waals surface area contributed by atoms with Gasteiger partial charge in [0.15, 0.2) is 11.3 Å². The molecule has 2 heterocycles. The summed E-state index contributed by atoms with van der Waals surface area (Å²) in [4.78, 5) is 34.8. The molecule has 0 bridgehead atoms. The lowest BCUT2D eigenvalue weighted by Crippen LogP contribution is -2.45. The third-order valence-electron chi connectivity index (χ3n) is 7.22. The molecule has 1 aromatic heterocycles. The van der Waals surface area contributed by atoms with Crippen LogP contribution in [0.5, 0.6) is 0 Å². The van der Waals surface area contributed by atoms with Crippen molar-refractivity contribution in [3.05, 3.63) is 151 Å². The van der Waals surface area contributed by atoms with Crippen molar-refractivity contribution < 1.29 is 40.3 Å². The Kier molecular flexibility index (Phi) is 9.33. The van der Waals surface area contributed by atoms with Gasteiger partial charge in [-0.3, -0.25) is 13.5 Å². The first-order valence-electron chi connectivity index (χ1n) is 13.4. The Bertz CT molecular complexity index is 1830. The van der Waals surface area contributed by atoms with Crippen molar-refractivity contribution >= 4 is 26.0 Å². The van der Waals surface area contributed by atoms with Crippen LogP contribution in [0, 0.1) is 10.1 Å². The minimum atomic E-state index is -6.22. The zero-order chi connectivity index (χ0) is 33.3. The largest absolute Gasteiger partial charge is 0.523 e. The van der Waals surface area contributed by atoms with Gasteiger partial charge in [-0.05, 0) is 16.7 Å². The van der Waals surface area contributed by atoms with E-state index in [1.807, 2.05) is 0 Å². The second kappa shape index (κ2) is 12.9. The summed E-state index contributed by atoms with van der Waals surface area (Å²) >= 11 is 3.08. The standard InChI is InChI=1S/C29H23BrF3N3O9S/c30-24-25(45-46(41,42)29(31,32)33)22(44-26(24)34-17-16-23(37)35(27(34)38)36(39)40)18-43-28(19-10-4-1-5-11-19,20-12-6-2-7-13-20)21-14-8-3-9-15-21/h1-17,22,24-26H,18H2/t22-,24+,25-,26-/m1/s1. The molecule has 4 atom stereocenters. The number of rotatable bonds is 10. The number of benzene rings is 3. The van der Waals surface area contributed by atoms with Gasteiger partial charge in [0.25, 0.3) is 0 Å². The van der Waals surface area contributed by atoms with Crippen molar-refractivity contribution in [2.45, 2.75) is 34.4 Å². The van der Waals surface area contributed by atoms with Gasteiger partial charge < -0.3 is 9.47 Å². The van der Waals surface area contributed by atoms with Crippen LogP contribution in [0.4, 0.5) is 13.2 Å². The van der Waals surface area contributed by atoms with Gasteiger partial charge in [-0.1, -0.05) is 107 Å². The molecule has 0 aliphatic carbocycles. The van der Waals surface area contributed by atoms with Crippen LogP contribution >= 0.6 is 15.9 Å². The first-order valence-corrected chi connectivity index (χ1v) is 15.7. The Labute approximate surface area is 266 Å².